The van der Waals surface area contributed by atoms with Crippen molar-refractivity contribution in [3.05, 3.63) is 21.9 Å². The highest BCUT2D eigenvalue weighted by Gasteiger charge is 2.22. The van der Waals surface area contributed by atoms with Gasteiger partial charge in [0.2, 0.25) is 11.8 Å². The summed E-state index contributed by atoms with van der Waals surface area (Å²) in [5.74, 6) is -0.391. The molecule has 2 rings (SSSR count). The van der Waals surface area contributed by atoms with E-state index in [1.54, 1.807) is 11.4 Å². The van der Waals surface area contributed by atoms with Crippen LogP contribution in [0.4, 0.5) is 0 Å². The number of amides is 2. The topological polar surface area (TPSA) is 84.2 Å². The van der Waals surface area contributed by atoms with Crippen LogP contribution in [0.2, 0.25) is 0 Å². The number of primary amides is 1. The summed E-state index contributed by atoms with van der Waals surface area (Å²) in [7, 11) is 0. The van der Waals surface area contributed by atoms with Crippen LogP contribution in [0.25, 0.3) is 0 Å². The second-order valence-corrected chi connectivity index (χ2v) is 5.11. The van der Waals surface area contributed by atoms with Crippen molar-refractivity contribution < 1.29 is 9.59 Å². The molecule has 1 heterocycles. The second-order valence-electron chi connectivity index (χ2n) is 4.11. The molecule has 1 aliphatic carbocycles. The van der Waals surface area contributed by atoms with Crippen LogP contribution in [0.1, 0.15) is 28.1 Å². The summed E-state index contributed by atoms with van der Waals surface area (Å²) in [6.45, 7) is 0.885. The monoisotopic (exact) mass is 253 g/mol. The molecule has 1 aliphatic rings. The average Bonchev–Trinajstić information content (AvgIpc) is 2.94. The number of rotatable bonds is 6. The first kappa shape index (κ1) is 12.1. The van der Waals surface area contributed by atoms with E-state index in [4.69, 9.17) is 5.73 Å². The highest BCUT2D eigenvalue weighted by atomic mass is 32.1. The highest BCUT2D eigenvalue weighted by Crippen LogP contribution is 2.18. The number of carbonyl (C=O) groups is 2. The molecule has 0 saturated heterocycles. The van der Waals surface area contributed by atoms with Crippen molar-refractivity contribution in [3.63, 3.8) is 0 Å². The number of nitrogens with two attached hydrogens (primary N) is 1. The van der Waals surface area contributed by atoms with Crippen LogP contribution in [0.3, 0.4) is 0 Å². The van der Waals surface area contributed by atoms with Crippen molar-refractivity contribution in [2.24, 2.45) is 5.73 Å². The molecular formula is C11H15N3O2S. The maximum Gasteiger partial charge on any atom is 0.249 e. The molecule has 0 aliphatic heterocycles. The van der Waals surface area contributed by atoms with Crippen molar-refractivity contribution in [1.29, 1.82) is 0 Å². The summed E-state index contributed by atoms with van der Waals surface area (Å²) >= 11 is 1.46. The molecule has 1 fully saturated rings. The molecular weight excluding hydrogens is 238 g/mol. The number of hydrogen-bond acceptors (Lipinski definition) is 4. The maximum atomic E-state index is 11.4. The van der Waals surface area contributed by atoms with Gasteiger partial charge in [-0.2, -0.15) is 0 Å². The summed E-state index contributed by atoms with van der Waals surface area (Å²) in [5.41, 5.74) is 5.67. The molecule has 1 aromatic heterocycles. The molecule has 0 radical (unpaired) electrons. The van der Waals surface area contributed by atoms with Gasteiger partial charge in [-0.25, -0.2) is 0 Å². The predicted octanol–water partition coefficient (Wildman–Crippen LogP) is 0.215. The Morgan fingerprint density at radius 2 is 2.24 bits per heavy atom. The van der Waals surface area contributed by atoms with Gasteiger partial charge >= 0.3 is 0 Å². The molecule has 0 atom stereocenters. The van der Waals surface area contributed by atoms with Crippen LogP contribution < -0.4 is 16.4 Å². The molecule has 1 saturated carbocycles. The molecule has 17 heavy (non-hydrogen) atoms. The molecule has 5 nitrogen and oxygen atoms in total. The summed E-state index contributed by atoms with van der Waals surface area (Å²) < 4.78 is 0. The molecule has 0 bridgehead atoms. The van der Waals surface area contributed by atoms with E-state index in [9.17, 15) is 9.59 Å². The van der Waals surface area contributed by atoms with E-state index in [2.05, 4.69) is 10.6 Å². The van der Waals surface area contributed by atoms with Gasteiger partial charge in [0, 0.05) is 22.8 Å². The lowest BCUT2D eigenvalue weighted by molar-refractivity contribution is -0.120. The fraction of sp³-hybridized carbons (Fsp3) is 0.455. The zero-order valence-electron chi connectivity index (χ0n) is 9.36. The Morgan fingerprint density at radius 1 is 1.47 bits per heavy atom. The molecule has 4 N–H and O–H groups in total. The zero-order chi connectivity index (χ0) is 12.3. The predicted molar refractivity (Wildman–Crippen MR) is 65.7 cm³/mol. The smallest absolute Gasteiger partial charge is 0.249 e. The van der Waals surface area contributed by atoms with E-state index in [-0.39, 0.29) is 5.91 Å². The van der Waals surface area contributed by atoms with Crippen molar-refractivity contribution >= 4 is 23.2 Å². The lowest BCUT2D eigenvalue weighted by Crippen LogP contribution is -2.34. The van der Waals surface area contributed by atoms with E-state index in [0.29, 0.717) is 24.7 Å². The Morgan fingerprint density at radius 3 is 2.82 bits per heavy atom. The maximum absolute atomic E-state index is 11.4. The Bertz CT molecular complexity index is 426. The largest absolute Gasteiger partial charge is 0.366 e. The summed E-state index contributed by atoms with van der Waals surface area (Å²) in [5, 5.41) is 7.65. The third kappa shape index (κ3) is 3.83. The molecule has 0 aromatic carbocycles. The van der Waals surface area contributed by atoms with Gasteiger partial charge in [0.05, 0.1) is 12.1 Å². The number of thiophene rings is 1. The second kappa shape index (κ2) is 5.29. The summed E-state index contributed by atoms with van der Waals surface area (Å²) in [6.07, 6.45) is 2.19. The Kier molecular flexibility index (Phi) is 3.75. The summed E-state index contributed by atoms with van der Waals surface area (Å²) in [4.78, 5) is 23.2. The van der Waals surface area contributed by atoms with E-state index in [1.807, 2.05) is 0 Å². The number of nitrogens with one attached hydrogen (secondary N) is 2. The molecule has 0 spiro atoms. The van der Waals surface area contributed by atoms with Gasteiger partial charge in [-0.15, -0.1) is 11.3 Å². The standard InChI is InChI=1S/C11H15N3O2S/c12-11(16)7-3-9(17-6-7)4-13-5-10(15)14-8-1-2-8/h3,6,8,13H,1-2,4-5H2,(H2,12,16)(H,14,15). The highest BCUT2D eigenvalue weighted by molar-refractivity contribution is 7.10. The minimum Gasteiger partial charge on any atom is -0.366 e. The van der Waals surface area contributed by atoms with E-state index >= 15 is 0 Å². The van der Waals surface area contributed by atoms with Gasteiger partial charge < -0.3 is 16.4 Å². The van der Waals surface area contributed by atoms with E-state index < -0.39 is 5.91 Å². The average molecular weight is 253 g/mol. The molecule has 2 amide bonds. The molecule has 0 unspecified atom stereocenters. The third-order valence-corrected chi connectivity index (χ3v) is 3.40. The van der Waals surface area contributed by atoms with Crippen molar-refractivity contribution in [1.82, 2.24) is 10.6 Å². The van der Waals surface area contributed by atoms with E-state index in [0.717, 1.165) is 17.7 Å². The van der Waals surface area contributed by atoms with Gasteiger partial charge in [-0.3, -0.25) is 9.59 Å². The van der Waals surface area contributed by atoms with Gasteiger partial charge in [-0.1, -0.05) is 0 Å². The normalized spacial score (nSPS) is 14.6. The lowest BCUT2D eigenvalue weighted by Gasteiger charge is -2.03. The first-order valence-corrected chi connectivity index (χ1v) is 6.40. The minimum atomic E-state index is -0.418. The van der Waals surface area contributed by atoms with E-state index in [1.165, 1.54) is 11.3 Å². The van der Waals surface area contributed by atoms with Crippen molar-refractivity contribution in [3.8, 4) is 0 Å². The lowest BCUT2D eigenvalue weighted by atomic mass is 10.3. The first-order chi connectivity index (χ1) is 8.15. The quantitative estimate of drug-likeness (QED) is 0.678. The van der Waals surface area contributed by atoms with Gasteiger partial charge in [-0.05, 0) is 18.9 Å². The first-order valence-electron chi connectivity index (χ1n) is 5.52. The Balaban J connectivity index is 1.69. The zero-order valence-corrected chi connectivity index (χ0v) is 10.2. The van der Waals surface area contributed by atoms with Crippen molar-refractivity contribution in [2.45, 2.75) is 25.4 Å². The Hall–Kier alpha value is -1.40. The van der Waals surface area contributed by atoms with Crippen LogP contribution in [-0.2, 0) is 11.3 Å². The van der Waals surface area contributed by atoms with Crippen LogP contribution in [0.5, 0.6) is 0 Å². The molecule has 1 aromatic rings. The fourth-order valence-corrected chi connectivity index (χ4v) is 2.25. The number of carbonyl (C=O) groups excluding carboxylic acids is 2. The van der Waals surface area contributed by atoms with Gasteiger partial charge in [0.25, 0.3) is 0 Å². The van der Waals surface area contributed by atoms with Crippen LogP contribution >= 0.6 is 11.3 Å². The van der Waals surface area contributed by atoms with Crippen LogP contribution in [0, 0.1) is 0 Å². The van der Waals surface area contributed by atoms with Crippen LogP contribution in [-0.4, -0.2) is 24.4 Å². The summed E-state index contributed by atoms with van der Waals surface area (Å²) in [6, 6.07) is 2.14. The van der Waals surface area contributed by atoms with Gasteiger partial charge in [0.15, 0.2) is 0 Å². The molecule has 92 valence electrons. The van der Waals surface area contributed by atoms with Gasteiger partial charge in [0.1, 0.15) is 0 Å². The molecule has 6 heteroatoms. The number of hydrogen-bond donors (Lipinski definition) is 3. The fourth-order valence-electron chi connectivity index (χ4n) is 1.41. The van der Waals surface area contributed by atoms with Crippen LogP contribution in [0.15, 0.2) is 11.4 Å². The SMILES string of the molecule is NC(=O)c1csc(CNCC(=O)NC2CC2)c1. The minimum absolute atomic E-state index is 0.0270. The Labute approximate surface area is 103 Å². The van der Waals surface area contributed by atoms with Crippen molar-refractivity contribution in [2.75, 3.05) is 6.54 Å². The third-order valence-electron chi connectivity index (χ3n) is 2.47.